The van der Waals surface area contributed by atoms with Gasteiger partial charge in [-0.3, -0.25) is 4.79 Å². The highest BCUT2D eigenvalue weighted by atomic mass is 35.5. The van der Waals surface area contributed by atoms with E-state index < -0.39 is 0 Å². The summed E-state index contributed by atoms with van der Waals surface area (Å²) in [5.41, 5.74) is 2.37. The fourth-order valence-corrected chi connectivity index (χ4v) is 3.08. The molecule has 0 spiro atoms. The van der Waals surface area contributed by atoms with Gasteiger partial charge in [0.15, 0.2) is 0 Å². The highest BCUT2D eigenvalue weighted by Crippen LogP contribution is 2.26. The predicted molar refractivity (Wildman–Crippen MR) is 98.0 cm³/mol. The molecule has 0 radical (unpaired) electrons. The first-order valence-corrected chi connectivity index (χ1v) is 8.02. The zero-order chi connectivity index (χ0) is 17.1. The fourth-order valence-electron chi connectivity index (χ4n) is 3.08. The lowest BCUT2D eigenvalue weighted by atomic mass is 10.0. The lowest BCUT2D eigenvalue weighted by Crippen LogP contribution is -2.48. The van der Waals surface area contributed by atoms with Crippen LogP contribution >= 0.6 is 12.4 Å². The third kappa shape index (κ3) is 4.11. The Labute approximate surface area is 153 Å². The molecule has 1 unspecified atom stereocenters. The van der Waals surface area contributed by atoms with E-state index in [0.29, 0.717) is 24.4 Å². The Balaban J connectivity index is 0.00000225. The summed E-state index contributed by atoms with van der Waals surface area (Å²) in [6.07, 6.45) is 0. The van der Waals surface area contributed by atoms with Crippen LogP contribution in [0.4, 0.5) is 4.39 Å². The second-order valence-electron chi connectivity index (χ2n) is 5.96. The number of aryl methyl sites for hydroxylation is 1. The van der Waals surface area contributed by atoms with Gasteiger partial charge in [-0.2, -0.15) is 0 Å². The molecule has 4 nitrogen and oxygen atoms in total. The van der Waals surface area contributed by atoms with Crippen LogP contribution in [-0.2, 0) is 0 Å². The molecule has 1 fully saturated rings. The predicted octanol–water partition coefficient (Wildman–Crippen LogP) is 3.35. The molecule has 1 aliphatic rings. The second kappa shape index (κ2) is 8.32. The highest BCUT2D eigenvalue weighted by Gasteiger charge is 2.29. The van der Waals surface area contributed by atoms with Crippen LogP contribution in [-0.4, -0.2) is 37.6 Å². The molecule has 0 bridgehead atoms. The number of benzene rings is 2. The first-order valence-electron chi connectivity index (χ1n) is 8.02. The maximum absolute atomic E-state index is 13.6. The Kier molecular flexibility index (Phi) is 6.39. The molecule has 1 aliphatic heterocycles. The molecule has 3 rings (SSSR count). The standard InChI is InChI=1S/C19H21FN2O2.ClH/c1-13-6-7-15(11-18(13)24-2)19(23)22-9-8-21-12-17(22)14-4-3-5-16(20)10-14;/h3-7,10-11,17,21H,8-9,12H2,1-2H3;1H. The van der Waals surface area contributed by atoms with Crippen LogP contribution in [0, 0.1) is 12.7 Å². The number of piperazine rings is 1. The van der Waals surface area contributed by atoms with Crippen molar-refractivity contribution in [2.24, 2.45) is 0 Å². The van der Waals surface area contributed by atoms with Crippen molar-refractivity contribution in [3.05, 3.63) is 65.0 Å². The first kappa shape index (κ1) is 19.2. The number of methoxy groups -OCH3 is 1. The summed E-state index contributed by atoms with van der Waals surface area (Å²) in [5.74, 6) is 0.338. The van der Waals surface area contributed by atoms with Crippen molar-refractivity contribution in [1.29, 1.82) is 0 Å². The largest absolute Gasteiger partial charge is 0.496 e. The number of rotatable bonds is 3. The molecule has 0 saturated carbocycles. The van der Waals surface area contributed by atoms with Crippen molar-refractivity contribution in [1.82, 2.24) is 10.2 Å². The minimum atomic E-state index is -0.289. The zero-order valence-corrected chi connectivity index (χ0v) is 15.1. The summed E-state index contributed by atoms with van der Waals surface area (Å²) in [6, 6.07) is 11.7. The number of halogens is 2. The molecule has 25 heavy (non-hydrogen) atoms. The minimum Gasteiger partial charge on any atom is -0.496 e. The normalized spacial score (nSPS) is 16.9. The molecule has 6 heteroatoms. The SMILES string of the molecule is COc1cc(C(=O)N2CCNCC2c2cccc(F)c2)ccc1C.Cl. The molecule has 1 saturated heterocycles. The summed E-state index contributed by atoms with van der Waals surface area (Å²) in [5, 5.41) is 3.28. The van der Waals surface area contributed by atoms with Gasteiger partial charge >= 0.3 is 0 Å². The van der Waals surface area contributed by atoms with E-state index in [-0.39, 0.29) is 30.2 Å². The van der Waals surface area contributed by atoms with Crippen LogP contribution < -0.4 is 10.1 Å². The molecule has 1 atom stereocenters. The highest BCUT2D eigenvalue weighted by molar-refractivity contribution is 5.95. The van der Waals surface area contributed by atoms with Gasteiger partial charge in [0, 0.05) is 25.2 Å². The fraction of sp³-hybridized carbons (Fsp3) is 0.316. The second-order valence-corrected chi connectivity index (χ2v) is 5.96. The van der Waals surface area contributed by atoms with Gasteiger partial charge in [-0.05, 0) is 42.3 Å². The van der Waals surface area contributed by atoms with E-state index in [1.54, 1.807) is 24.1 Å². The van der Waals surface area contributed by atoms with E-state index in [1.807, 2.05) is 25.1 Å². The quantitative estimate of drug-likeness (QED) is 0.908. The molecule has 0 aromatic heterocycles. The Hall–Kier alpha value is -2.11. The van der Waals surface area contributed by atoms with Gasteiger partial charge in [0.25, 0.3) is 5.91 Å². The molecular weight excluding hydrogens is 343 g/mol. The Bertz CT molecular complexity index is 754. The monoisotopic (exact) mass is 364 g/mol. The van der Waals surface area contributed by atoms with Crippen LogP contribution in [0.15, 0.2) is 42.5 Å². The minimum absolute atomic E-state index is 0. The third-order valence-corrected chi connectivity index (χ3v) is 4.39. The number of hydrogen-bond acceptors (Lipinski definition) is 3. The third-order valence-electron chi connectivity index (χ3n) is 4.39. The first-order chi connectivity index (χ1) is 11.6. The van der Waals surface area contributed by atoms with Gasteiger partial charge in [0.2, 0.25) is 0 Å². The van der Waals surface area contributed by atoms with Gasteiger partial charge in [0.05, 0.1) is 13.2 Å². The summed E-state index contributed by atoms with van der Waals surface area (Å²) >= 11 is 0. The van der Waals surface area contributed by atoms with Crippen LogP contribution in [0.1, 0.15) is 27.5 Å². The van der Waals surface area contributed by atoms with Crippen molar-refractivity contribution in [2.75, 3.05) is 26.7 Å². The van der Waals surface area contributed by atoms with Gasteiger partial charge in [-0.1, -0.05) is 18.2 Å². The van der Waals surface area contributed by atoms with E-state index in [4.69, 9.17) is 4.74 Å². The number of hydrogen-bond donors (Lipinski definition) is 1. The van der Waals surface area contributed by atoms with Gasteiger partial charge in [-0.25, -0.2) is 4.39 Å². The number of ether oxygens (including phenoxy) is 1. The molecule has 0 aliphatic carbocycles. The number of carbonyl (C=O) groups is 1. The van der Waals surface area contributed by atoms with E-state index in [1.165, 1.54) is 12.1 Å². The Morgan fingerprint density at radius 3 is 2.80 bits per heavy atom. The zero-order valence-electron chi connectivity index (χ0n) is 14.3. The smallest absolute Gasteiger partial charge is 0.254 e. The lowest BCUT2D eigenvalue weighted by molar-refractivity contribution is 0.0633. The summed E-state index contributed by atoms with van der Waals surface area (Å²) < 4.78 is 18.9. The van der Waals surface area contributed by atoms with E-state index in [9.17, 15) is 9.18 Å². The average molecular weight is 365 g/mol. The molecular formula is C19H22ClFN2O2. The topological polar surface area (TPSA) is 41.6 Å². The molecule has 134 valence electrons. The van der Waals surface area contributed by atoms with Crippen LogP contribution in [0.2, 0.25) is 0 Å². The van der Waals surface area contributed by atoms with Crippen molar-refractivity contribution in [2.45, 2.75) is 13.0 Å². The summed E-state index contributed by atoms with van der Waals surface area (Å²) in [7, 11) is 1.59. The number of amides is 1. The van der Waals surface area contributed by atoms with E-state index >= 15 is 0 Å². The lowest BCUT2D eigenvalue weighted by Gasteiger charge is -2.36. The van der Waals surface area contributed by atoms with Crippen molar-refractivity contribution in [3.63, 3.8) is 0 Å². The van der Waals surface area contributed by atoms with Crippen molar-refractivity contribution < 1.29 is 13.9 Å². The number of nitrogens with one attached hydrogen (secondary N) is 1. The van der Waals surface area contributed by atoms with Crippen molar-refractivity contribution in [3.8, 4) is 5.75 Å². The Morgan fingerprint density at radius 2 is 2.08 bits per heavy atom. The van der Waals surface area contributed by atoms with Crippen LogP contribution in [0.5, 0.6) is 5.75 Å². The van der Waals surface area contributed by atoms with Crippen LogP contribution in [0.25, 0.3) is 0 Å². The molecule has 1 heterocycles. The van der Waals surface area contributed by atoms with E-state index in [2.05, 4.69) is 5.32 Å². The number of nitrogens with zero attached hydrogens (tertiary/aromatic N) is 1. The van der Waals surface area contributed by atoms with Gasteiger partial charge in [-0.15, -0.1) is 12.4 Å². The molecule has 2 aromatic rings. The van der Waals surface area contributed by atoms with Gasteiger partial charge < -0.3 is 15.0 Å². The molecule has 1 N–H and O–H groups in total. The van der Waals surface area contributed by atoms with Crippen molar-refractivity contribution >= 4 is 18.3 Å². The average Bonchev–Trinajstić information content (AvgIpc) is 2.61. The maximum atomic E-state index is 13.6. The maximum Gasteiger partial charge on any atom is 0.254 e. The Morgan fingerprint density at radius 1 is 1.28 bits per heavy atom. The number of carbonyl (C=O) groups excluding carboxylic acids is 1. The van der Waals surface area contributed by atoms with Gasteiger partial charge in [0.1, 0.15) is 11.6 Å². The summed E-state index contributed by atoms with van der Waals surface area (Å²) in [4.78, 5) is 14.8. The molecule has 1 amide bonds. The van der Waals surface area contributed by atoms with Crippen LogP contribution in [0.3, 0.4) is 0 Å². The molecule has 2 aromatic carbocycles. The van der Waals surface area contributed by atoms with E-state index in [0.717, 1.165) is 17.7 Å². The summed E-state index contributed by atoms with van der Waals surface area (Å²) in [6.45, 7) is 3.85.